The number of hydrogen-bond donors (Lipinski definition) is 0. The Balaban J connectivity index is 2.30. The predicted molar refractivity (Wildman–Crippen MR) is 74.0 cm³/mol. The number of rotatable bonds is 2. The Morgan fingerprint density at radius 3 is 2.80 bits per heavy atom. The molecule has 0 unspecified atom stereocenters. The van der Waals surface area contributed by atoms with E-state index in [1.165, 1.54) is 12.1 Å². The SMILES string of the molecule is Cc1nc(-c2cccc(F)c2)nc2c1c(C=O)cn2C. The second-order valence-corrected chi connectivity index (χ2v) is 4.65. The lowest BCUT2D eigenvalue weighted by Gasteiger charge is -2.04. The third-order valence-corrected chi connectivity index (χ3v) is 3.24. The summed E-state index contributed by atoms with van der Waals surface area (Å²) >= 11 is 0. The van der Waals surface area contributed by atoms with Crippen LogP contribution in [0.25, 0.3) is 22.4 Å². The molecule has 0 atom stereocenters. The van der Waals surface area contributed by atoms with Crippen molar-refractivity contribution in [3.63, 3.8) is 0 Å². The molecule has 0 saturated carbocycles. The summed E-state index contributed by atoms with van der Waals surface area (Å²) in [7, 11) is 1.82. The minimum atomic E-state index is -0.329. The Morgan fingerprint density at radius 2 is 2.10 bits per heavy atom. The molecule has 0 bridgehead atoms. The molecular weight excluding hydrogens is 257 g/mol. The third-order valence-electron chi connectivity index (χ3n) is 3.24. The average Bonchev–Trinajstić information content (AvgIpc) is 2.76. The van der Waals surface area contributed by atoms with Gasteiger partial charge in [-0.25, -0.2) is 14.4 Å². The van der Waals surface area contributed by atoms with Gasteiger partial charge in [0.25, 0.3) is 0 Å². The van der Waals surface area contributed by atoms with Crippen LogP contribution in [-0.2, 0) is 7.05 Å². The minimum Gasteiger partial charge on any atom is -0.335 e. The number of carbonyl (C=O) groups excluding carboxylic acids is 1. The van der Waals surface area contributed by atoms with Gasteiger partial charge in [-0.3, -0.25) is 4.79 Å². The maximum absolute atomic E-state index is 13.3. The van der Waals surface area contributed by atoms with Gasteiger partial charge in [-0.15, -0.1) is 0 Å². The first-order valence-electron chi connectivity index (χ1n) is 6.15. The van der Waals surface area contributed by atoms with Gasteiger partial charge < -0.3 is 4.57 Å². The van der Waals surface area contributed by atoms with Gasteiger partial charge in [-0.1, -0.05) is 12.1 Å². The Labute approximate surface area is 114 Å². The van der Waals surface area contributed by atoms with Gasteiger partial charge in [0, 0.05) is 24.4 Å². The van der Waals surface area contributed by atoms with Gasteiger partial charge in [-0.05, 0) is 19.1 Å². The van der Waals surface area contributed by atoms with Crippen LogP contribution in [0, 0.1) is 12.7 Å². The maximum Gasteiger partial charge on any atom is 0.161 e. The van der Waals surface area contributed by atoms with E-state index in [2.05, 4.69) is 9.97 Å². The summed E-state index contributed by atoms with van der Waals surface area (Å²) in [5.74, 6) is 0.123. The van der Waals surface area contributed by atoms with E-state index in [1.807, 2.05) is 14.0 Å². The van der Waals surface area contributed by atoms with Crippen LogP contribution in [0.3, 0.4) is 0 Å². The van der Waals surface area contributed by atoms with E-state index in [1.54, 1.807) is 22.9 Å². The van der Waals surface area contributed by atoms with Crippen molar-refractivity contribution in [2.24, 2.45) is 7.05 Å². The zero-order chi connectivity index (χ0) is 14.3. The summed E-state index contributed by atoms with van der Waals surface area (Å²) in [4.78, 5) is 19.9. The lowest BCUT2D eigenvalue weighted by atomic mass is 10.1. The average molecular weight is 269 g/mol. The summed E-state index contributed by atoms with van der Waals surface area (Å²) in [5.41, 5.74) is 2.55. The molecule has 2 aromatic heterocycles. The molecule has 0 N–H and O–H groups in total. The Morgan fingerprint density at radius 1 is 1.30 bits per heavy atom. The zero-order valence-corrected chi connectivity index (χ0v) is 11.1. The molecule has 1 aromatic carbocycles. The predicted octanol–water partition coefficient (Wildman–Crippen LogP) is 2.90. The van der Waals surface area contributed by atoms with Crippen molar-refractivity contribution in [2.75, 3.05) is 0 Å². The molecule has 0 amide bonds. The molecule has 100 valence electrons. The van der Waals surface area contributed by atoms with E-state index in [-0.39, 0.29) is 5.82 Å². The number of halogens is 1. The van der Waals surface area contributed by atoms with Crippen LogP contribution < -0.4 is 0 Å². The second kappa shape index (κ2) is 4.52. The van der Waals surface area contributed by atoms with Gasteiger partial charge in [0.2, 0.25) is 0 Å². The monoisotopic (exact) mass is 269 g/mol. The van der Waals surface area contributed by atoms with E-state index >= 15 is 0 Å². The van der Waals surface area contributed by atoms with Crippen LogP contribution in [0.1, 0.15) is 16.1 Å². The third kappa shape index (κ3) is 1.87. The molecule has 2 heterocycles. The molecule has 3 rings (SSSR count). The number of fused-ring (bicyclic) bond motifs is 1. The number of aldehydes is 1. The molecule has 0 saturated heterocycles. The van der Waals surface area contributed by atoms with Crippen molar-refractivity contribution < 1.29 is 9.18 Å². The van der Waals surface area contributed by atoms with Gasteiger partial charge in [0.05, 0.1) is 11.1 Å². The molecule has 0 spiro atoms. The van der Waals surface area contributed by atoms with Crippen LogP contribution in [0.2, 0.25) is 0 Å². The van der Waals surface area contributed by atoms with Gasteiger partial charge in [-0.2, -0.15) is 0 Å². The topological polar surface area (TPSA) is 47.8 Å². The molecule has 0 radical (unpaired) electrons. The highest BCUT2D eigenvalue weighted by atomic mass is 19.1. The van der Waals surface area contributed by atoms with E-state index < -0.39 is 0 Å². The maximum atomic E-state index is 13.3. The summed E-state index contributed by atoms with van der Waals surface area (Å²) in [5, 5.41) is 0.739. The Hall–Kier alpha value is -2.56. The molecule has 0 fully saturated rings. The van der Waals surface area contributed by atoms with E-state index in [0.717, 1.165) is 11.7 Å². The molecule has 0 aliphatic heterocycles. The van der Waals surface area contributed by atoms with Crippen molar-refractivity contribution >= 4 is 17.3 Å². The standard InChI is InChI=1S/C15H12FN3O/c1-9-13-11(8-20)7-19(2)15(13)18-14(17-9)10-4-3-5-12(16)6-10/h3-8H,1-2H3. The second-order valence-electron chi connectivity index (χ2n) is 4.65. The lowest BCUT2D eigenvalue weighted by Crippen LogP contribution is -1.97. The Kier molecular flexibility index (Phi) is 2.82. The first-order valence-corrected chi connectivity index (χ1v) is 6.15. The van der Waals surface area contributed by atoms with Crippen LogP contribution in [0.5, 0.6) is 0 Å². The summed E-state index contributed by atoms with van der Waals surface area (Å²) < 4.78 is 15.1. The first-order chi connectivity index (χ1) is 9.60. The Bertz CT molecular complexity index is 823. The fourth-order valence-corrected chi connectivity index (χ4v) is 2.33. The van der Waals surface area contributed by atoms with Crippen molar-refractivity contribution in [1.82, 2.24) is 14.5 Å². The number of benzene rings is 1. The fourth-order valence-electron chi connectivity index (χ4n) is 2.33. The van der Waals surface area contributed by atoms with Crippen LogP contribution in [-0.4, -0.2) is 20.8 Å². The zero-order valence-electron chi connectivity index (χ0n) is 11.1. The van der Waals surface area contributed by atoms with Crippen LogP contribution in [0.15, 0.2) is 30.5 Å². The number of aryl methyl sites for hydroxylation is 2. The fraction of sp³-hybridized carbons (Fsp3) is 0.133. The van der Waals surface area contributed by atoms with E-state index in [9.17, 15) is 9.18 Å². The van der Waals surface area contributed by atoms with Crippen molar-refractivity contribution in [3.8, 4) is 11.4 Å². The molecule has 4 nitrogen and oxygen atoms in total. The molecule has 3 aromatic rings. The normalized spacial score (nSPS) is 10.9. The molecule has 0 aliphatic rings. The van der Waals surface area contributed by atoms with Gasteiger partial charge in [0.15, 0.2) is 12.1 Å². The summed E-state index contributed by atoms with van der Waals surface area (Å²) in [6.45, 7) is 1.82. The number of aromatic nitrogens is 3. The highest BCUT2D eigenvalue weighted by Gasteiger charge is 2.14. The minimum absolute atomic E-state index is 0.329. The van der Waals surface area contributed by atoms with Crippen LogP contribution >= 0.6 is 0 Å². The highest BCUT2D eigenvalue weighted by molar-refractivity contribution is 5.97. The molecule has 20 heavy (non-hydrogen) atoms. The lowest BCUT2D eigenvalue weighted by molar-refractivity contribution is 0.112. The van der Waals surface area contributed by atoms with Gasteiger partial charge >= 0.3 is 0 Å². The van der Waals surface area contributed by atoms with Crippen molar-refractivity contribution in [1.29, 1.82) is 0 Å². The van der Waals surface area contributed by atoms with Crippen LogP contribution in [0.4, 0.5) is 4.39 Å². The summed E-state index contributed by atoms with van der Waals surface area (Å²) in [6.07, 6.45) is 2.51. The smallest absolute Gasteiger partial charge is 0.161 e. The van der Waals surface area contributed by atoms with Crippen molar-refractivity contribution in [3.05, 3.63) is 47.5 Å². The summed E-state index contributed by atoms with van der Waals surface area (Å²) in [6, 6.07) is 6.15. The molecule has 0 aliphatic carbocycles. The number of carbonyl (C=O) groups is 1. The highest BCUT2D eigenvalue weighted by Crippen LogP contribution is 2.24. The number of nitrogens with zero attached hydrogens (tertiary/aromatic N) is 3. The largest absolute Gasteiger partial charge is 0.335 e. The molecular formula is C15H12FN3O. The van der Waals surface area contributed by atoms with Crippen molar-refractivity contribution in [2.45, 2.75) is 6.92 Å². The van der Waals surface area contributed by atoms with Gasteiger partial charge in [0.1, 0.15) is 11.5 Å². The number of hydrogen-bond acceptors (Lipinski definition) is 3. The quantitative estimate of drug-likeness (QED) is 0.672. The van der Waals surface area contributed by atoms with E-state index in [4.69, 9.17) is 0 Å². The first kappa shape index (κ1) is 12.5. The van der Waals surface area contributed by atoms with E-state index in [0.29, 0.717) is 28.3 Å². The molecule has 5 heteroatoms.